The number of esters is 1. The van der Waals surface area contributed by atoms with Crippen molar-refractivity contribution in [3.63, 3.8) is 0 Å². The number of rotatable bonds is 5. The fourth-order valence-electron chi connectivity index (χ4n) is 2.02. The van der Waals surface area contributed by atoms with Crippen LogP contribution in [-0.4, -0.2) is 11.0 Å². The van der Waals surface area contributed by atoms with Gasteiger partial charge in [0.2, 0.25) is 5.89 Å². The van der Waals surface area contributed by atoms with E-state index in [2.05, 4.69) is 4.98 Å². The fraction of sp³-hybridized carbons (Fsp3) is 0.176. The first kappa shape index (κ1) is 15.4. The van der Waals surface area contributed by atoms with Gasteiger partial charge >= 0.3 is 11.9 Å². The van der Waals surface area contributed by atoms with E-state index in [0.29, 0.717) is 24.1 Å². The van der Waals surface area contributed by atoms with E-state index in [1.54, 1.807) is 12.1 Å². The monoisotopic (exact) mass is 331 g/mol. The summed E-state index contributed by atoms with van der Waals surface area (Å²) >= 11 is 1.47. The highest BCUT2D eigenvalue weighted by molar-refractivity contribution is 7.13. The van der Waals surface area contributed by atoms with E-state index in [1.807, 2.05) is 24.4 Å². The highest BCUT2D eigenvalue weighted by Crippen LogP contribution is 2.36. The van der Waals surface area contributed by atoms with Gasteiger partial charge in [0.25, 0.3) is 0 Å². The predicted octanol–water partition coefficient (Wildman–Crippen LogP) is 4.91. The molecule has 0 saturated carbocycles. The minimum absolute atomic E-state index is 0.0743. The van der Waals surface area contributed by atoms with Crippen molar-refractivity contribution in [3.05, 3.63) is 47.6 Å². The predicted molar refractivity (Wildman–Crippen MR) is 85.8 cm³/mol. The summed E-state index contributed by atoms with van der Waals surface area (Å²) in [4.78, 5) is 17.0. The molecule has 0 aliphatic heterocycles. The Labute approximate surface area is 136 Å². The van der Waals surface area contributed by atoms with Crippen LogP contribution in [-0.2, 0) is 4.79 Å². The molecule has 0 radical (unpaired) electrons. The van der Waals surface area contributed by atoms with Crippen molar-refractivity contribution in [2.75, 3.05) is 0 Å². The number of ether oxygens (including phenoxy) is 1. The molecule has 0 aliphatic carbocycles. The minimum Gasteiger partial charge on any atom is -0.405 e. The number of benzene rings is 1. The summed E-state index contributed by atoms with van der Waals surface area (Å²) in [5, 5.41) is 1.90. The van der Waals surface area contributed by atoms with Crippen LogP contribution in [0, 0.1) is 5.82 Å². The Kier molecular flexibility index (Phi) is 4.52. The van der Waals surface area contributed by atoms with Crippen LogP contribution in [0.4, 0.5) is 4.39 Å². The Bertz CT molecular complexity index is 794. The molecule has 3 rings (SSSR count). The number of thiophene rings is 1. The second kappa shape index (κ2) is 6.75. The van der Waals surface area contributed by atoms with Crippen LogP contribution in [0.25, 0.3) is 22.0 Å². The van der Waals surface area contributed by atoms with E-state index >= 15 is 0 Å². The zero-order valence-corrected chi connectivity index (χ0v) is 13.2. The summed E-state index contributed by atoms with van der Waals surface area (Å²) in [6.45, 7) is 1.89. The van der Waals surface area contributed by atoms with Crippen molar-refractivity contribution in [1.29, 1.82) is 0 Å². The number of aromatic nitrogens is 1. The van der Waals surface area contributed by atoms with Gasteiger partial charge in [-0.2, -0.15) is 0 Å². The highest BCUT2D eigenvalue weighted by Gasteiger charge is 2.21. The summed E-state index contributed by atoms with van der Waals surface area (Å²) in [6.07, 6.45) is 0.989. The van der Waals surface area contributed by atoms with E-state index in [4.69, 9.17) is 9.15 Å². The molecule has 0 N–H and O–H groups in total. The summed E-state index contributed by atoms with van der Waals surface area (Å²) in [6, 6.07) is 9.53. The fourth-order valence-corrected chi connectivity index (χ4v) is 2.72. The standard InChI is InChI=1S/C17H14FNO3S/c1-2-4-14(20)21-17-15(13-5-3-10-23-13)19-16(22-17)11-6-8-12(18)9-7-11/h3,5-10H,2,4H2,1H3. The molecule has 0 bridgehead atoms. The SMILES string of the molecule is CCCC(=O)Oc1oc(-c2ccc(F)cc2)nc1-c1cccs1. The van der Waals surface area contributed by atoms with E-state index in [1.165, 1.54) is 23.5 Å². The molecule has 1 aromatic carbocycles. The molecule has 0 spiro atoms. The van der Waals surface area contributed by atoms with Gasteiger partial charge in [-0.05, 0) is 42.1 Å². The van der Waals surface area contributed by atoms with Crippen LogP contribution >= 0.6 is 11.3 Å². The number of hydrogen-bond donors (Lipinski definition) is 0. The molecule has 2 heterocycles. The van der Waals surface area contributed by atoms with Crippen LogP contribution in [0.2, 0.25) is 0 Å². The Morgan fingerprint density at radius 1 is 1.30 bits per heavy atom. The Morgan fingerprint density at radius 2 is 2.09 bits per heavy atom. The molecule has 23 heavy (non-hydrogen) atoms. The second-order valence-corrected chi connectivity index (χ2v) is 5.81. The van der Waals surface area contributed by atoms with Crippen molar-refractivity contribution in [3.8, 4) is 28.0 Å². The summed E-state index contributed by atoms with van der Waals surface area (Å²) in [7, 11) is 0. The molecule has 2 aromatic heterocycles. The van der Waals surface area contributed by atoms with Gasteiger partial charge < -0.3 is 9.15 Å². The van der Waals surface area contributed by atoms with E-state index in [9.17, 15) is 9.18 Å². The highest BCUT2D eigenvalue weighted by atomic mass is 32.1. The van der Waals surface area contributed by atoms with Gasteiger partial charge in [0.05, 0.1) is 4.88 Å². The minimum atomic E-state index is -0.368. The average Bonchev–Trinajstić information content (AvgIpc) is 3.17. The van der Waals surface area contributed by atoms with E-state index in [0.717, 1.165) is 4.88 Å². The third-order valence-electron chi connectivity index (χ3n) is 3.10. The first-order valence-corrected chi connectivity index (χ1v) is 8.06. The lowest BCUT2D eigenvalue weighted by atomic mass is 10.2. The number of oxazole rings is 1. The topological polar surface area (TPSA) is 52.3 Å². The lowest BCUT2D eigenvalue weighted by Crippen LogP contribution is -2.06. The number of hydrogen-bond acceptors (Lipinski definition) is 5. The van der Waals surface area contributed by atoms with Crippen molar-refractivity contribution in [1.82, 2.24) is 4.98 Å². The molecule has 0 saturated heterocycles. The smallest absolute Gasteiger partial charge is 0.322 e. The molecule has 0 aliphatic rings. The first-order chi connectivity index (χ1) is 11.2. The Hall–Kier alpha value is -2.47. The van der Waals surface area contributed by atoms with Gasteiger partial charge in [-0.1, -0.05) is 13.0 Å². The third-order valence-corrected chi connectivity index (χ3v) is 3.98. The summed E-state index contributed by atoms with van der Waals surface area (Å²) in [5.74, 6) is -0.349. The van der Waals surface area contributed by atoms with Crippen LogP contribution in [0.5, 0.6) is 5.95 Å². The lowest BCUT2D eigenvalue weighted by molar-refractivity contribution is -0.135. The molecular formula is C17H14FNO3S. The van der Waals surface area contributed by atoms with Gasteiger partial charge in [0.1, 0.15) is 5.82 Å². The number of carbonyl (C=O) groups is 1. The Morgan fingerprint density at radius 3 is 2.74 bits per heavy atom. The molecule has 0 fully saturated rings. The number of carbonyl (C=O) groups excluding carboxylic acids is 1. The maximum absolute atomic E-state index is 13.0. The zero-order valence-electron chi connectivity index (χ0n) is 12.4. The van der Waals surface area contributed by atoms with Gasteiger partial charge in [0, 0.05) is 12.0 Å². The molecule has 4 nitrogen and oxygen atoms in total. The maximum Gasteiger partial charge on any atom is 0.322 e. The quantitative estimate of drug-likeness (QED) is 0.623. The van der Waals surface area contributed by atoms with Crippen molar-refractivity contribution >= 4 is 17.3 Å². The van der Waals surface area contributed by atoms with Crippen molar-refractivity contribution < 1.29 is 18.3 Å². The molecular weight excluding hydrogens is 317 g/mol. The normalized spacial score (nSPS) is 10.7. The van der Waals surface area contributed by atoms with Crippen molar-refractivity contribution in [2.24, 2.45) is 0 Å². The van der Waals surface area contributed by atoms with Gasteiger partial charge in [-0.3, -0.25) is 4.79 Å². The zero-order chi connectivity index (χ0) is 16.2. The maximum atomic E-state index is 13.0. The van der Waals surface area contributed by atoms with Gasteiger partial charge in [-0.25, -0.2) is 9.37 Å². The van der Waals surface area contributed by atoms with E-state index in [-0.39, 0.29) is 23.6 Å². The molecule has 6 heteroatoms. The van der Waals surface area contributed by atoms with Gasteiger partial charge in [0.15, 0.2) is 5.69 Å². The van der Waals surface area contributed by atoms with Gasteiger partial charge in [-0.15, -0.1) is 11.3 Å². The summed E-state index contributed by atoms with van der Waals surface area (Å²) in [5.41, 5.74) is 1.09. The average molecular weight is 331 g/mol. The van der Waals surface area contributed by atoms with Crippen LogP contribution in [0.3, 0.4) is 0 Å². The van der Waals surface area contributed by atoms with Crippen molar-refractivity contribution in [2.45, 2.75) is 19.8 Å². The number of nitrogens with zero attached hydrogens (tertiary/aromatic N) is 1. The van der Waals surface area contributed by atoms with E-state index < -0.39 is 0 Å². The number of halogens is 1. The molecule has 0 unspecified atom stereocenters. The molecule has 3 aromatic rings. The summed E-state index contributed by atoms with van der Waals surface area (Å²) < 4.78 is 24.0. The largest absolute Gasteiger partial charge is 0.405 e. The molecule has 0 atom stereocenters. The second-order valence-electron chi connectivity index (χ2n) is 4.86. The lowest BCUT2D eigenvalue weighted by Gasteiger charge is -2.00. The Balaban J connectivity index is 1.99. The molecule has 118 valence electrons. The van der Waals surface area contributed by atoms with Crippen LogP contribution in [0.1, 0.15) is 19.8 Å². The first-order valence-electron chi connectivity index (χ1n) is 7.18. The molecule has 0 amide bonds. The van der Waals surface area contributed by atoms with Crippen LogP contribution < -0.4 is 4.74 Å². The van der Waals surface area contributed by atoms with Crippen LogP contribution in [0.15, 0.2) is 46.2 Å². The third kappa shape index (κ3) is 3.48.